The highest BCUT2D eigenvalue weighted by Crippen LogP contribution is 2.18. The molecule has 0 saturated carbocycles. The van der Waals surface area contributed by atoms with Crippen molar-refractivity contribution in [1.82, 2.24) is 15.6 Å². The van der Waals surface area contributed by atoms with E-state index in [4.69, 9.17) is 9.47 Å². The van der Waals surface area contributed by atoms with Crippen molar-refractivity contribution in [2.24, 2.45) is 0 Å². The van der Waals surface area contributed by atoms with E-state index in [2.05, 4.69) is 20.5 Å². The minimum Gasteiger partial charge on any atom is -0.378 e. The van der Waals surface area contributed by atoms with Crippen LogP contribution in [-0.2, 0) is 16.0 Å². The molecule has 2 saturated heterocycles. The molecule has 2 aliphatic rings. The Morgan fingerprint density at radius 3 is 3.00 bits per heavy atom. The summed E-state index contributed by atoms with van der Waals surface area (Å²) in [6.07, 6.45) is 3.98. The van der Waals surface area contributed by atoms with Crippen LogP contribution in [0, 0.1) is 0 Å². The van der Waals surface area contributed by atoms with E-state index < -0.39 is 0 Å². The first kappa shape index (κ1) is 17.0. The fourth-order valence-electron chi connectivity index (χ4n) is 3.15. The van der Waals surface area contributed by atoms with Gasteiger partial charge in [0.2, 0.25) is 0 Å². The van der Waals surface area contributed by atoms with Gasteiger partial charge in [-0.05, 0) is 25.8 Å². The maximum atomic E-state index is 12.1. The normalized spacial score (nSPS) is 22.2. The molecule has 0 aromatic carbocycles. The van der Waals surface area contributed by atoms with Crippen LogP contribution >= 0.6 is 0 Å². The van der Waals surface area contributed by atoms with Crippen LogP contribution in [0.15, 0.2) is 18.3 Å². The molecule has 0 aliphatic carbocycles. The van der Waals surface area contributed by atoms with Crippen LogP contribution in [0.1, 0.15) is 25.3 Å². The van der Waals surface area contributed by atoms with Crippen LogP contribution < -0.4 is 15.5 Å². The number of aromatic nitrogens is 1. The van der Waals surface area contributed by atoms with E-state index in [9.17, 15) is 4.79 Å². The highest BCUT2D eigenvalue weighted by atomic mass is 16.5. The Hall–Kier alpha value is -1.86. The zero-order valence-electron chi connectivity index (χ0n) is 14.2. The van der Waals surface area contributed by atoms with E-state index in [1.54, 1.807) is 6.20 Å². The van der Waals surface area contributed by atoms with Crippen LogP contribution in [0.2, 0.25) is 0 Å². The molecule has 3 heterocycles. The molecular weight excluding hydrogens is 308 g/mol. The number of ether oxygens (including phenoxy) is 2. The largest absolute Gasteiger partial charge is 0.378 e. The second-order valence-electron chi connectivity index (χ2n) is 6.25. The highest BCUT2D eigenvalue weighted by molar-refractivity contribution is 5.74. The molecule has 132 valence electrons. The molecule has 0 bridgehead atoms. The van der Waals surface area contributed by atoms with Gasteiger partial charge in [0.15, 0.2) is 0 Å². The lowest BCUT2D eigenvalue weighted by Crippen LogP contribution is -2.46. The molecule has 7 nitrogen and oxygen atoms in total. The number of anilines is 1. The highest BCUT2D eigenvalue weighted by Gasteiger charge is 2.23. The van der Waals surface area contributed by atoms with E-state index in [0.717, 1.165) is 43.9 Å². The van der Waals surface area contributed by atoms with E-state index in [1.807, 2.05) is 19.1 Å². The van der Waals surface area contributed by atoms with E-state index >= 15 is 0 Å². The first-order chi connectivity index (χ1) is 11.7. The molecule has 2 unspecified atom stereocenters. The van der Waals surface area contributed by atoms with Gasteiger partial charge in [-0.1, -0.05) is 6.07 Å². The van der Waals surface area contributed by atoms with Crippen molar-refractivity contribution in [3.8, 4) is 0 Å². The third-order valence-corrected chi connectivity index (χ3v) is 4.50. The number of nitrogens with zero attached hydrogens (tertiary/aromatic N) is 2. The van der Waals surface area contributed by atoms with Crippen molar-refractivity contribution in [1.29, 1.82) is 0 Å². The number of urea groups is 1. The van der Waals surface area contributed by atoms with Crippen molar-refractivity contribution in [2.75, 3.05) is 37.8 Å². The van der Waals surface area contributed by atoms with Gasteiger partial charge in [-0.15, -0.1) is 0 Å². The predicted molar refractivity (Wildman–Crippen MR) is 91.1 cm³/mol. The number of hydrogen-bond acceptors (Lipinski definition) is 5. The first-order valence-corrected chi connectivity index (χ1v) is 8.66. The zero-order valence-corrected chi connectivity index (χ0v) is 14.2. The lowest BCUT2D eigenvalue weighted by Gasteiger charge is -2.29. The average molecular weight is 334 g/mol. The Bertz CT molecular complexity index is 542. The molecule has 0 spiro atoms. The molecule has 0 radical (unpaired) electrons. The Balaban J connectivity index is 1.53. The van der Waals surface area contributed by atoms with Crippen LogP contribution in [0.3, 0.4) is 0 Å². The van der Waals surface area contributed by atoms with Gasteiger partial charge < -0.3 is 25.0 Å². The smallest absolute Gasteiger partial charge is 0.315 e. The Morgan fingerprint density at radius 1 is 1.42 bits per heavy atom. The lowest BCUT2D eigenvalue weighted by atomic mass is 10.1. The van der Waals surface area contributed by atoms with Crippen molar-refractivity contribution in [3.63, 3.8) is 0 Å². The molecule has 2 aliphatic heterocycles. The summed E-state index contributed by atoms with van der Waals surface area (Å²) in [6, 6.07) is 3.74. The van der Waals surface area contributed by atoms with Gasteiger partial charge in [-0.3, -0.25) is 0 Å². The zero-order chi connectivity index (χ0) is 16.8. The third kappa shape index (κ3) is 4.36. The van der Waals surface area contributed by atoms with Crippen molar-refractivity contribution in [2.45, 2.75) is 38.5 Å². The summed E-state index contributed by atoms with van der Waals surface area (Å²) in [5.41, 5.74) is 1.01. The first-order valence-electron chi connectivity index (χ1n) is 8.66. The molecule has 2 amide bonds. The molecule has 7 heteroatoms. The summed E-state index contributed by atoms with van der Waals surface area (Å²) in [6.45, 7) is 6.30. The lowest BCUT2D eigenvalue weighted by molar-refractivity contribution is 0.0860. The van der Waals surface area contributed by atoms with E-state index in [1.165, 1.54) is 0 Å². The molecule has 3 rings (SSSR count). The Kier molecular flexibility index (Phi) is 5.87. The fraction of sp³-hybridized carbons (Fsp3) is 0.647. The second-order valence-corrected chi connectivity index (χ2v) is 6.25. The maximum absolute atomic E-state index is 12.1. The number of carbonyl (C=O) groups is 1. The van der Waals surface area contributed by atoms with Crippen molar-refractivity contribution < 1.29 is 14.3 Å². The number of hydrogen-bond donors (Lipinski definition) is 2. The molecule has 1 aromatic rings. The van der Waals surface area contributed by atoms with E-state index in [0.29, 0.717) is 19.8 Å². The summed E-state index contributed by atoms with van der Waals surface area (Å²) >= 11 is 0. The van der Waals surface area contributed by atoms with Crippen LogP contribution in [0.5, 0.6) is 0 Å². The summed E-state index contributed by atoms with van der Waals surface area (Å²) in [5.74, 6) is 0.924. The second kappa shape index (κ2) is 8.30. The predicted octanol–water partition coefficient (Wildman–Crippen LogP) is 1.28. The van der Waals surface area contributed by atoms with Crippen LogP contribution in [0.4, 0.5) is 10.6 Å². The SMILES string of the molecule is CC(NC(=O)NCc1cccnc1N1CCOCC1)C1CCCO1. The monoisotopic (exact) mass is 334 g/mol. The molecular formula is C17H26N4O3. The summed E-state index contributed by atoms with van der Waals surface area (Å²) in [7, 11) is 0. The van der Waals surface area contributed by atoms with Crippen molar-refractivity contribution in [3.05, 3.63) is 23.9 Å². The Labute approximate surface area is 142 Å². The molecule has 1 aromatic heterocycles. The number of carbonyl (C=O) groups excluding carboxylic acids is 1. The number of pyridine rings is 1. The van der Waals surface area contributed by atoms with Gasteiger partial charge >= 0.3 is 6.03 Å². The number of nitrogens with one attached hydrogen (secondary N) is 2. The standard InChI is InChI=1S/C17H26N4O3/c1-13(15-5-3-9-24-15)20-17(22)19-12-14-4-2-6-18-16(14)21-7-10-23-11-8-21/h2,4,6,13,15H,3,5,7-12H2,1H3,(H2,19,20,22). The fourth-order valence-corrected chi connectivity index (χ4v) is 3.15. The van der Waals surface area contributed by atoms with Gasteiger partial charge in [0, 0.05) is 38.0 Å². The Morgan fingerprint density at radius 2 is 2.25 bits per heavy atom. The number of rotatable bonds is 5. The minimum absolute atomic E-state index is 0.0140. The quantitative estimate of drug-likeness (QED) is 0.848. The van der Waals surface area contributed by atoms with Gasteiger partial charge in [0.25, 0.3) is 0 Å². The molecule has 2 atom stereocenters. The third-order valence-electron chi connectivity index (χ3n) is 4.50. The number of morpholine rings is 1. The van der Waals surface area contributed by atoms with Crippen molar-refractivity contribution >= 4 is 11.8 Å². The van der Waals surface area contributed by atoms with Crippen LogP contribution in [-0.4, -0.2) is 56.1 Å². The topological polar surface area (TPSA) is 75.7 Å². The van der Waals surface area contributed by atoms with Crippen LogP contribution in [0.25, 0.3) is 0 Å². The number of amides is 2. The van der Waals surface area contributed by atoms with Gasteiger partial charge in [-0.25, -0.2) is 9.78 Å². The maximum Gasteiger partial charge on any atom is 0.315 e. The van der Waals surface area contributed by atoms with Gasteiger partial charge in [0.1, 0.15) is 5.82 Å². The minimum atomic E-state index is -0.171. The summed E-state index contributed by atoms with van der Waals surface area (Å²) < 4.78 is 11.0. The average Bonchev–Trinajstić information content (AvgIpc) is 3.16. The summed E-state index contributed by atoms with van der Waals surface area (Å²) in [4.78, 5) is 18.8. The van der Waals surface area contributed by atoms with E-state index in [-0.39, 0.29) is 18.2 Å². The van der Waals surface area contributed by atoms with Gasteiger partial charge in [0.05, 0.1) is 25.4 Å². The molecule has 24 heavy (non-hydrogen) atoms. The molecule has 2 N–H and O–H groups in total. The summed E-state index contributed by atoms with van der Waals surface area (Å²) in [5, 5.41) is 5.89. The molecule has 2 fully saturated rings. The van der Waals surface area contributed by atoms with Gasteiger partial charge in [-0.2, -0.15) is 0 Å².